The highest BCUT2D eigenvalue weighted by atomic mass is 32.1. The molecule has 0 unspecified atom stereocenters. The Morgan fingerprint density at radius 1 is 1.54 bits per heavy atom. The van der Waals surface area contributed by atoms with E-state index in [2.05, 4.69) is 15.5 Å². The maximum atomic E-state index is 5.05. The first-order valence-corrected chi connectivity index (χ1v) is 5.19. The van der Waals surface area contributed by atoms with Gasteiger partial charge in [-0.15, -0.1) is 0 Å². The number of tetrazole rings is 1. The van der Waals surface area contributed by atoms with Crippen LogP contribution in [0.1, 0.15) is 25.7 Å². The monoisotopic (exact) mass is 196 g/mol. The highest BCUT2D eigenvalue weighted by Gasteiger charge is 2.54. The van der Waals surface area contributed by atoms with Gasteiger partial charge in [-0.2, -0.15) is 5.21 Å². The third-order valence-corrected chi connectivity index (χ3v) is 3.64. The Kier molecular flexibility index (Phi) is 1.42. The van der Waals surface area contributed by atoms with E-state index in [1.165, 1.54) is 25.7 Å². The van der Waals surface area contributed by atoms with Crippen molar-refractivity contribution in [1.82, 2.24) is 20.2 Å². The van der Waals surface area contributed by atoms with Gasteiger partial charge in [-0.3, -0.25) is 0 Å². The molecule has 2 saturated carbocycles. The van der Waals surface area contributed by atoms with Crippen LogP contribution < -0.4 is 0 Å². The molecule has 0 amide bonds. The standard InChI is InChI=1S/C8H12N4S/c13-7-9-10-11-12(7)5-8(3-4-8)6-1-2-6/h6H,1-5H2,(H,9,11,13). The van der Waals surface area contributed by atoms with E-state index in [4.69, 9.17) is 12.2 Å². The number of nitrogens with one attached hydrogen (secondary N) is 1. The number of aromatic amines is 1. The van der Waals surface area contributed by atoms with E-state index in [0.717, 1.165) is 12.5 Å². The molecule has 70 valence electrons. The van der Waals surface area contributed by atoms with Crippen LogP contribution in [0.4, 0.5) is 0 Å². The molecule has 4 nitrogen and oxygen atoms in total. The van der Waals surface area contributed by atoms with Crippen molar-refractivity contribution in [2.24, 2.45) is 11.3 Å². The van der Waals surface area contributed by atoms with Crippen molar-refractivity contribution in [2.75, 3.05) is 0 Å². The summed E-state index contributed by atoms with van der Waals surface area (Å²) < 4.78 is 2.49. The second-order valence-corrected chi connectivity index (χ2v) is 4.67. The second-order valence-electron chi connectivity index (χ2n) is 4.31. The molecule has 0 saturated heterocycles. The van der Waals surface area contributed by atoms with Crippen molar-refractivity contribution < 1.29 is 0 Å². The normalized spacial score (nSPS) is 24.6. The number of aromatic nitrogens is 4. The minimum absolute atomic E-state index is 0.562. The fourth-order valence-electron chi connectivity index (χ4n) is 2.19. The topological polar surface area (TPSA) is 46.5 Å². The van der Waals surface area contributed by atoms with E-state index in [-0.39, 0.29) is 0 Å². The summed E-state index contributed by atoms with van der Waals surface area (Å²) in [6.07, 6.45) is 5.54. The quantitative estimate of drug-likeness (QED) is 0.746. The third-order valence-electron chi connectivity index (χ3n) is 3.34. The zero-order chi connectivity index (χ0) is 8.89. The molecule has 1 aromatic heterocycles. The first-order valence-electron chi connectivity index (χ1n) is 4.78. The van der Waals surface area contributed by atoms with E-state index in [9.17, 15) is 0 Å². The molecule has 1 heterocycles. The summed E-state index contributed by atoms with van der Waals surface area (Å²) in [4.78, 5) is 0. The molecular formula is C8H12N4S. The lowest BCUT2D eigenvalue weighted by atomic mass is 10.0. The summed E-state index contributed by atoms with van der Waals surface area (Å²) in [7, 11) is 0. The highest BCUT2D eigenvalue weighted by Crippen LogP contribution is 2.62. The molecule has 13 heavy (non-hydrogen) atoms. The summed E-state index contributed by atoms with van der Waals surface area (Å²) in [5.41, 5.74) is 0.562. The molecular weight excluding hydrogens is 184 g/mol. The van der Waals surface area contributed by atoms with E-state index >= 15 is 0 Å². The van der Waals surface area contributed by atoms with Gasteiger partial charge in [0, 0.05) is 6.54 Å². The summed E-state index contributed by atoms with van der Waals surface area (Å²) in [6, 6.07) is 0. The lowest BCUT2D eigenvalue weighted by Gasteiger charge is -2.12. The molecule has 0 bridgehead atoms. The van der Waals surface area contributed by atoms with E-state index < -0.39 is 0 Å². The Balaban J connectivity index is 1.82. The minimum Gasteiger partial charge on any atom is -0.242 e. The summed E-state index contributed by atoms with van der Waals surface area (Å²) in [6.45, 7) is 1.00. The van der Waals surface area contributed by atoms with Crippen molar-refractivity contribution in [1.29, 1.82) is 0 Å². The molecule has 1 N–H and O–H groups in total. The van der Waals surface area contributed by atoms with Gasteiger partial charge in [0.2, 0.25) is 4.77 Å². The molecule has 0 spiro atoms. The predicted molar refractivity (Wildman–Crippen MR) is 49.6 cm³/mol. The van der Waals surface area contributed by atoms with Gasteiger partial charge in [0.25, 0.3) is 0 Å². The highest BCUT2D eigenvalue weighted by molar-refractivity contribution is 7.71. The Labute approximate surface area is 81.3 Å². The SMILES string of the molecule is S=c1nn[nH]n1CC1(C2CC2)CC1. The van der Waals surface area contributed by atoms with Gasteiger partial charge >= 0.3 is 0 Å². The predicted octanol–water partition coefficient (Wildman–Crippen LogP) is 1.53. The molecule has 0 radical (unpaired) electrons. The van der Waals surface area contributed by atoms with Crippen molar-refractivity contribution in [3.8, 4) is 0 Å². The zero-order valence-corrected chi connectivity index (χ0v) is 8.18. The van der Waals surface area contributed by atoms with Crippen molar-refractivity contribution in [3.05, 3.63) is 4.77 Å². The van der Waals surface area contributed by atoms with Gasteiger partial charge in [0.1, 0.15) is 0 Å². The molecule has 0 aliphatic heterocycles. The number of H-pyrrole nitrogens is 1. The zero-order valence-electron chi connectivity index (χ0n) is 7.36. The number of hydrogen-bond donors (Lipinski definition) is 1. The number of nitrogens with zero attached hydrogens (tertiary/aromatic N) is 3. The van der Waals surface area contributed by atoms with E-state index in [1.54, 1.807) is 0 Å². The molecule has 5 heteroatoms. The fourth-order valence-corrected chi connectivity index (χ4v) is 2.33. The van der Waals surface area contributed by atoms with Gasteiger partial charge in [0.15, 0.2) is 0 Å². The first-order chi connectivity index (χ1) is 6.30. The van der Waals surface area contributed by atoms with Crippen LogP contribution in [0.2, 0.25) is 0 Å². The maximum absolute atomic E-state index is 5.05. The molecule has 3 rings (SSSR count). The van der Waals surface area contributed by atoms with Crippen molar-refractivity contribution in [2.45, 2.75) is 32.2 Å². The summed E-state index contributed by atoms with van der Waals surface area (Å²) in [5, 5.41) is 10.3. The molecule has 0 atom stereocenters. The van der Waals surface area contributed by atoms with Gasteiger partial charge in [-0.05, 0) is 49.2 Å². The maximum Gasteiger partial charge on any atom is 0.238 e. The number of rotatable bonds is 3. The molecule has 1 aromatic rings. The summed E-state index contributed by atoms with van der Waals surface area (Å²) >= 11 is 5.05. The smallest absolute Gasteiger partial charge is 0.238 e. The lowest BCUT2D eigenvalue weighted by molar-refractivity contribution is 0.344. The van der Waals surface area contributed by atoms with Gasteiger partial charge in [0.05, 0.1) is 0 Å². The lowest BCUT2D eigenvalue weighted by Crippen LogP contribution is -2.15. The molecule has 2 aliphatic carbocycles. The van der Waals surface area contributed by atoms with E-state index in [1.807, 2.05) is 4.68 Å². The second kappa shape index (κ2) is 2.41. The Morgan fingerprint density at radius 2 is 2.31 bits per heavy atom. The average Bonchev–Trinajstić information content (AvgIpc) is 2.97. The Morgan fingerprint density at radius 3 is 2.77 bits per heavy atom. The van der Waals surface area contributed by atoms with Crippen molar-refractivity contribution in [3.63, 3.8) is 0 Å². The fraction of sp³-hybridized carbons (Fsp3) is 0.875. The Hall–Kier alpha value is -0.710. The average molecular weight is 196 g/mol. The van der Waals surface area contributed by atoms with E-state index in [0.29, 0.717) is 10.2 Å². The van der Waals surface area contributed by atoms with Crippen LogP contribution in [-0.4, -0.2) is 20.2 Å². The Bertz CT molecular complexity index is 371. The van der Waals surface area contributed by atoms with Crippen molar-refractivity contribution >= 4 is 12.2 Å². The molecule has 2 fully saturated rings. The molecule has 0 aromatic carbocycles. The third kappa shape index (κ3) is 1.22. The van der Waals surface area contributed by atoms with Gasteiger partial charge < -0.3 is 0 Å². The molecule has 2 aliphatic rings. The van der Waals surface area contributed by atoms with Crippen LogP contribution in [0.25, 0.3) is 0 Å². The number of hydrogen-bond acceptors (Lipinski definition) is 3. The van der Waals surface area contributed by atoms with Gasteiger partial charge in [-0.1, -0.05) is 10.3 Å². The minimum atomic E-state index is 0.562. The van der Waals surface area contributed by atoms with Gasteiger partial charge in [-0.25, -0.2) is 4.68 Å². The van der Waals surface area contributed by atoms with Crippen LogP contribution in [0.15, 0.2) is 0 Å². The van der Waals surface area contributed by atoms with Crippen LogP contribution >= 0.6 is 12.2 Å². The van der Waals surface area contributed by atoms with Crippen LogP contribution in [0.3, 0.4) is 0 Å². The van der Waals surface area contributed by atoms with Crippen LogP contribution in [-0.2, 0) is 6.54 Å². The van der Waals surface area contributed by atoms with Crippen LogP contribution in [0, 0.1) is 16.1 Å². The first kappa shape index (κ1) is 7.67. The largest absolute Gasteiger partial charge is 0.242 e. The van der Waals surface area contributed by atoms with Crippen LogP contribution in [0.5, 0.6) is 0 Å². The summed E-state index contributed by atoms with van der Waals surface area (Å²) in [5.74, 6) is 0.956.